The predicted molar refractivity (Wildman–Crippen MR) is 77.6 cm³/mol. The highest BCUT2D eigenvalue weighted by molar-refractivity contribution is 5.33. The van der Waals surface area contributed by atoms with Crippen molar-refractivity contribution in [2.24, 2.45) is 0 Å². The molecule has 0 aromatic carbocycles. The summed E-state index contributed by atoms with van der Waals surface area (Å²) < 4.78 is 1.73. The second-order valence-corrected chi connectivity index (χ2v) is 6.26. The van der Waals surface area contributed by atoms with E-state index < -0.39 is 0 Å². The summed E-state index contributed by atoms with van der Waals surface area (Å²) >= 11 is 0. The zero-order valence-corrected chi connectivity index (χ0v) is 12.2. The molecule has 2 N–H and O–H groups in total. The van der Waals surface area contributed by atoms with Crippen LogP contribution in [-0.4, -0.2) is 28.2 Å². The highest BCUT2D eigenvalue weighted by atomic mass is 16.1. The van der Waals surface area contributed by atoms with Crippen molar-refractivity contribution in [3.63, 3.8) is 0 Å². The molecule has 5 heteroatoms. The van der Waals surface area contributed by atoms with Gasteiger partial charge in [-0.25, -0.2) is 4.98 Å². The van der Waals surface area contributed by atoms with Crippen LogP contribution >= 0.6 is 0 Å². The molecule has 0 radical (unpaired) electrons. The zero-order valence-electron chi connectivity index (χ0n) is 12.2. The van der Waals surface area contributed by atoms with Gasteiger partial charge < -0.3 is 15.2 Å². The van der Waals surface area contributed by atoms with E-state index in [-0.39, 0.29) is 17.1 Å². The predicted octanol–water partition coefficient (Wildman–Crippen LogP) is 1.55. The van der Waals surface area contributed by atoms with Crippen LogP contribution < -0.4 is 16.2 Å². The van der Waals surface area contributed by atoms with E-state index in [0.717, 1.165) is 19.4 Å². The van der Waals surface area contributed by atoms with E-state index >= 15 is 0 Å². The molecule has 1 saturated heterocycles. The molecular weight excluding hydrogens is 240 g/mol. The minimum absolute atomic E-state index is 0.0484. The fourth-order valence-electron chi connectivity index (χ4n) is 2.46. The van der Waals surface area contributed by atoms with E-state index in [9.17, 15) is 4.79 Å². The van der Waals surface area contributed by atoms with Gasteiger partial charge in [0.05, 0.1) is 0 Å². The second-order valence-electron chi connectivity index (χ2n) is 6.26. The molecule has 1 aliphatic rings. The lowest BCUT2D eigenvalue weighted by atomic mass is 10.00. The van der Waals surface area contributed by atoms with Gasteiger partial charge in [0.1, 0.15) is 0 Å². The molecule has 1 aromatic rings. The normalized spacial score (nSPS) is 24.2. The Labute approximate surface area is 114 Å². The SMILES string of the molecule is CC1NCCCC1Nc1nccn(C(C)(C)C)c1=O. The molecular formula is C14H24N4O. The first-order valence-electron chi connectivity index (χ1n) is 6.97. The minimum atomic E-state index is -0.229. The highest BCUT2D eigenvalue weighted by Gasteiger charge is 2.23. The van der Waals surface area contributed by atoms with Crippen molar-refractivity contribution in [1.82, 2.24) is 14.9 Å². The first-order valence-corrected chi connectivity index (χ1v) is 6.97. The van der Waals surface area contributed by atoms with Gasteiger partial charge in [-0.05, 0) is 47.1 Å². The zero-order chi connectivity index (χ0) is 14.0. The van der Waals surface area contributed by atoms with Gasteiger partial charge in [0.15, 0.2) is 5.82 Å². The number of anilines is 1. The molecule has 0 saturated carbocycles. The van der Waals surface area contributed by atoms with Crippen LogP contribution in [0, 0.1) is 0 Å². The van der Waals surface area contributed by atoms with Crippen LogP contribution in [-0.2, 0) is 5.54 Å². The van der Waals surface area contributed by atoms with Gasteiger partial charge in [-0.1, -0.05) is 0 Å². The summed E-state index contributed by atoms with van der Waals surface area (Å²) in [5.74, 6) is 0.456. The van der Waals surface area contributed by atoms with Crippen LogP contribution in [0.25, 0.3) is 0 Å². The maximum atomic E-state index is 12.4. The lowest BCUT2D eigenvalue weighted by Gasteiger charge is -2.31. The number of piperidine rings is 1. The van der Waals surface area contributed by atoms with Crippen molar-refractivity contribution in [2.75, 3.05) is 11.9 Å². The Hall–Kier alpha value is -1.36. The summed E-state index contributed by atoms with van der Waals surface area (Å²) in [6.45, 7) is 9.24. The Morgan fingerprint density at radius 1 is 1.47 bits per heavy atom. The van der Waals surface area contributed by atoms with Crippen molar-refractivity contribution in [3.05, 3.63) is 22.7 Å². The molecule has 2 unspecified atom stereocenters. The molecule has 2 atom stereocenters. The first kappa shape index (κ1) is 14.1. The van der Waals surface area contributed by atoms with E-state index in [4.69, 9.17) is 0 Å². The second kappa shape index (κ2) is 5.33. The van der Waals surface area contributed by atoms with Crippen molar-refractivity contribution < 1.29 is 0 Å². The number of hydrogen-bond acceptors (Lipinski definition) is 4. The standard InChI is InChI=1S/C14H24N4O/c1-10-11(6-5-7-15-10)17-12-13(19)18(9-8-16-12)14(2,3)4/h8-11,15H,5-7H2,1-4H3,(H,16,17). The summed E-state index contributed by atoms with van der Waals surface area (Å²) in [4.78, 5) is 16.6. The van der Waals surface area contributed by atoms with Crippen molar-refractivity contribution in [3.8, 4) is 0 Å². The van der Waals surface area contributed by atoms with Crippen LogP contribution in [0.1, 0.15) is 40.5 Å². The van der Waals surface area contributed by atoms with E-state index in [1.165, 1.54) is 0 Å². The third-order valence-electron chi connectivity index (χ3n) is 3.65. The van der Waals surface area contributed by atoms with Gasteiger partial charge in [0.25, 0.3) is 5.56 Å². The number of nitrogens with zero attached hydrogens (tertiary/aromatic N) is 2. The maximum absolute atomic E-state index is 12.4. The monoisotopic (exact) mass is 264 g/mol. The summed E-state index contributed by atoms with van der Waals surface area (Å²) in [5, 5.41) is 6.72. The van der Waals surface area contributed by atoms with E-state index in [2.05, 4.69) is 22.5 Å². The Morgan fingerprint density at radius 2 is 2.21 bits per heavy atom. The summed E-state index contributed by atoms with van der Waals surface area (Å²) in [6.07, 6.45) is 5.63. The van der Waals surface area contributed by atoms with Crippen LogP contribution in [0.15, 0.2) is 17.2 Å². The average Bonchev–Trinajstić information content (AvgIpc) is 2.33. The topological polar surface area (TPSA) is 59.0 Å². The van der Waals surface area contributed by atoms with Gasteiger partial charge in [0.2, 0.25) is 0 Å². The third kappa shape index (κ3) is 3.15. The smallest absolute Gasteiger partial charge is 0.293 e. The quantitative estimate of drug-likeness (QED) is 0.851. The summed E-state index contributed by atoms with van der Waals surface area (Å²) in [6, 6.07) is 0.628. The number of aromatic nitrogens is 2. The van der Waals surface area contributed by atoms with E-state index in [0.29, 0.717) is 11.9 Å². The fraction of sp³-hybridized carbons (Fsp3) is 0.714. The highest BCUT2D eigenvalue weighted by Crippen LogP contribution is 2.14. The lowest BCUT2D eigenvalue weighted by molar-refractivity contribution is 0.376. The first-order chi connectivity index (χ1) is 8.89. The molecule has 1 fully saturated rings. The molecule has 1 aromatic heterocycles. The van der Waals surface area contributed by atoms with E-state index in [1.807, 2.05) is 20.8 Å². The van der Waals surface area contributed by atoms with Crippen molar-refractivity contribution in [1.29, 1.82) is 0 Å². The maximum Gasteiger partial charge on any atom is 0.293 e. The number of rotatable bonds is 2. The van der Waals surface area contributed by atoms with Gasteiger partial charge in [-0.3, -0.25) is 4.79 Å². The van der Waals surface area contributed by atoms with Crippen LogP contribution in [0.2, 0.25) is 0 Å². The van der Waals surface area contributed by atoms with Gasteiger partial charge >= 0.3 is 0 Å². The number of nitrogens with one attached hydrogen (secondary N) is 2. The Morgan fingerprint density at radius 3 is 2.84 bits per heavy atom. The molecule has 0 spiro atoms. The fourth-order valence-corrected chi connectivity index (χ4v) is 2.46. The van der Waals surface area contributed by atoms with Crippen molar-refractivity contribution >= 4 is 5.82 Å². The Kier molecular flexibility index (Phi) is 3.94. The van der Waals surface area contributed by atoms with Crippen molar-refractivity contribution in [2.45, 2.75) is 58.2 Å². The molecule has 106 valence electrons. The van der Waals surface area contributed by atoms with Crippen LogP contribution in [0.5, 0.6) is 0 Å². The molecule has 2 heterocycles. The molecule has 0 bridgehead atoms. The molecule has 1 aliphatic heterocycles. The molecule has 0 aliphatic carbocycles. The van der Waals surface area contributed by atoms with E-state index in [1.54, 1.807) is 17.0 Å². The molecule has 0 amide bonds. The lowest BCUT2D eigenvalue weighted by Crippen LogP contribution is -2.48. The largest absolute Gasteiger partial charge is 0.361 e. The molecule has 2 rings (SSSR count). The minimum Gasteiger partial charge on any atom is -0.361 e. The average molecular weight is 264 g/mol. The Balaban J connectivity index is 2.24. The summed E-state index contributed by atoms with van der Waals surface area (Å²) in [7, 11) is 0. The number of hydrogen-bond donors (Lipinski definition) is 2. The van der Waals surface area contributed by atoms with Gasteiger partial charge in [0, 0.05) is 30.0 Å². The van der Waals surface area contributed by atoms with Gasteiger partial charge in [-0.2, -0.15) is 0 Å². The van der Waals surface area contributed by atoms with Gasteiger partial charge in [-0.15, -0.1) is 0 Å². The molecule has 19 heavy (non-hydrogen) atoms. The third-order valence-corrected chi connectivity index (χ3v) is 3.65. The molecule has 5 nitrogen and oxygen atoms in total. The van der Waals surface area contributed by atoms with Crippen LogP contribution in [0.4, 0.5) is 5.82 Å². The van der Waals surface area contributed by atoms with Crippen LogP contribution in [0.3, 0.4) is 0 Å². The Bertz CT molecular complexity index is 489. The summed E-state index contributed by atoms with van der Waals surface area (Å²) in [5.41, 5.74) is -0.278.